The number of piperidine rings is 1. The van der Waals surface area contributed by atoms with E-state index < -0.39 is 5.60 Å². The third kappa shape index (κ3) is 4.21. The van der Waals surface area contributed by atoms with Gasteiger partial charge >= 0.3 is 6.03 Å². The van der Waals surface area contributed by atoms with Crippen molar-refractivity contribution in [3.63, 3.8) is 0 Å². The summed E-state index contributed by atoms with van der Waals surface area (Å²) in [6.07, 6.45) is 6.53. The summed E-state index contributed by atoms with van der Waals surface area (Å²) in [6, 6.07) is 0.0968. The van der Waals surface area contributed by atoms with Crippen LogP contribution in [0.15, 0.2) is 12.7 Å². The minimum absolute atomic E-state index is 0.150. The molecule has 0 radical (unpaired) electrons. The normalized spacial score (nSPS) is 23.4. The van der Waals surface area contributed by atoms with Gasteiger partial charge in [0.15, 0.2) is 0 Å². The number of nitrogens with zero attached hydrogens (tertiary/aromatic N) is 1. The van der Waals surface area contributed by atoms with Crippen molar-refractivity contribution in [2.24, 2.45) is 0 Å². The fourth-order valence-corrected chi connectivity index (χ4v) is 2.69. The van der Waals surface area contributed by atoms with Gasteiger partial charge in [-0.25, -0.2) is 4.79 Å². The molecule has 1 saturated carbocycles. The second-order valence-electron chi connectivity index (χ2n) is 5.77. The molecule has 5 heteroatoms. The van der Waals surface area contributed by atoms with Crippen molar-refractivity contribution in [1.82, 2.24) is 15.5 Å². The lowest BCUT2D eigenvalue weighted by molar-refractivity contribution is -0.0290. The molecule has 1 aliphatic heterocycles. The molecular weight excluding hydrogens is 242 g/mol. The second-order valence-corrected chi connectivity index (χ2v) is 5.77. The predicted octanol–water partition coefficient (Wildman–Crippen LogP) is 0.851. The second kappa shape index (κ2) is 6.39. The Hall–Kier alpha value is -1.07. The van der Waals surface area contributed by atoms with Gasteiger partial charge in [0.2, 0.25) is 0 Å². The fraction of sp³-hybridized carbons (Fsp3) is 0.786. The van der Waals surface area contributed by atoms with E-state index in [9.17, 15) is 9.90 Å². The van der Waals surface area contributed by atoms with Gasteiger partial charge in [-0.2, -0.15) is 0 Å². The minimum atomic E-state index is -0.648. The van der Waals surface area contributed by atoms with Gasteiger partial charge in [-0.3, -0.25) is 4.90 Å². The molecule has 108 valence electrons. The van der Waals surface area contributed by atoms with Crippen LogP contribution >= 0.6 is 0 Å². The van der Waals surface area contributed by atoms with E-state index in [4.69, 9.17) is 0 Å². The van der Waals surface area contributed by atoms with Crippen LogP contribution in [-0.4, -0.2) is 53.9 Å². The van der Waals surface area contributed by atoms with Gasteiger partial charge in [0, 0.05) is 32.2 Å². The summed E-state index contributed by atoms with van der Waals surface area (Å²) in [5.74, 6) is 0. The van der Waals surface area contributed by atoms with E-state index in [1.54, 1.807) is 0 Å². The van der Waals surface area contributed by atoms with Gasteiger partial charge in [-0.15, -0.1) is 6.58 Å². The van der Waals surface area contributed by atoms with E-state index >= 15 is 0 Å². The largest absolute Gasteiger partial charge is 0.388 e. The highest BCUT2D eigenvalue weighted by Crippen LogP contribution is 2.30. The van der Waals surface area contributed by atoms with Crippen molar-refractivity contribution in [3.8, 4) is 0 Å². The van der Waals surface area contributed by atoms with Gasteiger partial charge in [-0.05, 0) is 32.1 Å². The molecule has 0 aromatic rings. The fourth-order valence-electron chi connectivity index (χ4n) is 2.69. The molecule has 0 unspecified atom stereocenters. The molecule has 3 N–H and O–H groups in total. The summed E-state index contributed by atoms with van der Waals surface area (Å²) in [6.45, 7) is 7.03. The maximum Gasteiger partial charge on any atom is 0.315 e. The number of likely N-dealkylation sites (tertiary alicyclic amines) is 1. The van der Waals surface area contributed by atoms with Crippen molar-refractivity contribution in [1.29, 1.82) is 0 Å². The molecule has 19 heavy (non-hydrogen) atoms. The van der Waals surface area contributed by atoms with Crippen LogP contribution in [0.2, 0.25) is 0 Å². The highest BCUT2D eigenvalue weighted by atomic mass is 16.3. The van der Waals surface area contributed by atoms with Gasteiger partial charge in [0.1, 0.15) is 0 Å². The third-order valence-corrected chi connectivity index (χ3v) is 4.17. The summed E-state index contributed by atoms with van der Waals surface area (Å²) >= 11 is 0. The van der Waals surface area contributed by atoms with Gasteiger partial charge in [-0.1, -0.05) is 6.08 Å². The van der Waals surface area contributed by atoms with Crippen LogP contribution in [0.1, 0.15) is 32.1 Å². The Bertz CT molecular complexity index is 321. The number of amides is 2. The maximum absolute atomic E-state index is 11.7. The summed E-state index contributed by atoms with van der Waals surface area (Å²) in [4.78, 5) is 14.1. The van der Waals surface area contributed by atoms with Crippen LogP contribution in [0, 0.1) is 0 Å². The molecule has 1 heterocycles. The number of aliphatic hydroxyl groups is 1. The minimum Gasteiger partial charge on any atom is -0.388 e. The van der Waals surface area contributed by atoms with Crippen molar-refractivity contribution in [2.45, 2.75) is 43.7 Å². The standard InChI is InChI=1S/C14H25N3O2/c1-2-8-17-9-4-12(5-10-17)16-13(18)15-11-14(19)6-3-7-14/h2,12,19H,1,3-11H2,(H2,15,16,18). The smallest absolute Gasteiger partial charge is 0.315 e. The zero-order valence-corrected chi connectivity index (χ0v) is 11.5. The number of urea groups is 1. The van der Waals surface area contributed by atoms with E-state index in [-0.39, 0.29) is 12.1 Å². The Kier molecular flexibility index (Phi) is 4.82. The van der Waals surface area contributed by atoms with Crippen molar-refractivity contribution in [3.05, 3.63) is 12.7 Å². The van der Waals surface area contributed by atoms with Crippen LogP contribution in [-0.2, 0) is 0 Å². The van der Waals surface area contributed by atoms with E-state index in [1.807, 2.05) is 6.08 Å². The first kappa shape index (κ1) is 14.3. The quantitative estimate of drug-likeness (QED) is 0.647. The molecule has 2 fully saturated rings. The molecule has 2 aliphatic rings. The first-order valence-electron chi connectivity index (χ1n) is 7.21. The SMILES string of the molecule is C=CCN1CCC(NC(=O)NCC2(O)CCC2)CC1. The van der Waals surface area contributed by atoms with E-state index in [1.165, 1.54) is 0 Å². The molecule has 2 amide bonds. The van der Waals surface area contributed by atoms with Gasteiger partial charge < -0.3 is 15.7 Å². The Morgan fingerprint density at radius 1 is 1.42 bits per heavy atom. The lowest BCUT2D eigenvalue weighted by Crippen LogP contribution is -2.53. The molecule has 0 bridgehead atoms. The summed E-state index contributed by atoms with van der Waals surface area (Å²) in [5.41, 5.74) is -0.648. The van der Waals surface area contributed by atoms with E-state index in [2.05, 4.69) is 22.1 Å². The molecule has 5 nitrogen and oxygen atoms in total. The molecule has 1 aliphatic carbocycles. The average molecular weight is 267 g/mol. The Balaban J connectivity index is 1.62. The summed E-state index contributed by atoms with van der Waals surface area (Å²) in [7, 11) is 0. The monoisotopic (exact) mass is 267 g/mol. The topological polar surface area (TPSA) is 64.6 Å². The number of carbonyl (C=O) groups excluding carboxylic acids is 1. The Morgan fingerprint density at radius 2 is 2.11 bits per heavy atom. The van der Waals surface area contributed by atoms with Crippen molar-refractivity contribution >= 4 is 6.03 Å². The molecular formula is C14H25N3O2. The zero-order valence-electron chi connectivity index (χ0n) is 11.5. The highest BCUT2D eigenvalue weighted by Gasteiger charge is 2.34. The predicted molar refractivity (Wildman–Crippen MR) is 75.0 cm³/mol. The number of hydrogen-bond donors (Lipinski definition) is 3. The van der Waals surface area contributed by atoms with Crippen molar-refractivity contribution < 1.29 is 9.90 Å². The lowest BCUT2D eigenvalue weighted by Gasteiger charge is -2.37. The Labute approximate surface area is 115 Å². The van der Waals surface area contributed by atoms with Crippen molar-refractivity contribution in [2.75, 3.05) is 26.2 Å². The number of nitrogens with one attached hydrogen (secondary N) is 2. The van der Waals surface area contributed by atoms with E-state index in [0.29, 0.717) is 6.54 Å². The number of hydrogen-bond acceptors (Lipinski definition) is 3. The first-order valence-corrected chi connectivity index (χ1v) is 7.21. The van der Waals surface area contributed by atoms with E-state index in [0.717, 1.165) is 51.7 Å². The Morgan fingerprint density at radius 3 is 2.63 bits per heavy atom. The molecule has 0 spiro atoms. The van der Waals surface area contributed by atoms with Gasteiger partial charge in [0.25, 0.3) is 0 Å². The van der Waals surface area contributed by atoms with Crippen LogP contribution in [0.3, 0.4) is 0 Å². The maximum atomic E-state index is 11.7. The lowest BCUT2D eigenvalue weighted by atomic mass is 9.80. The van der Waals surface area contributed by atoms with Gasteiger partial charge in [0.05, 0.1) is 5.60 Å². The summed E-state index contributed by atoms with van der Waals surface area (Å²) in [5, 5.41) is 15.7. The average Bonchev–Trinajstić information content (AvgIpc) is 2.37. The number of carbonyl (C=O) groups is 1. The molecule has 1 saturated heterocycles. The third-order valence-electron chi connectivity index (χ3n) is 4.17. The molecule has 0 aromatic carbocycles. The van der Waals surface area contributed by atoms with Crippen LogP contribution in [0.25, 0.3) is 0 Å². The highest BCUT2D eigenvalue weighted by molar-refractivity contribution is 5.74. The van der Waals surface area contributed by atoms with Crippen LogP contribution in [0.4, 0.5) is 4.79 Å². The zero-order chi connectivity index (χ0) is 13.7. The summed E-state index contributed by atoms with van der Waals surface area (Å²) < 4.78 is 0. The van der Waals surface area contributed by atoms with Crippen LogP contribution < -0.4 is 10.6 Å². The molecule has 0 atom stereocenters. The first-order chi connectivity index (χ1) is 9.11. The van der Waals surface area contributed by atoms with Crippen LogP contribution in [0.5, 0.6) is 0 Å². The molecule has 0 aromatic heterocycles. The number of rotatable bonds is 5. The molecule has 2 rings (SSSR count).